The number of piperidine rings is 2. The number of carbonyl (C=O) groups is 1. The number of fused-ring (bicyclic) bond motifs is 2. The Morgan fingerprint density at radius 3 is 2.60 bits per heavy atom. The number of carbonyl (C=O) groups excluding carboxylic acids is 1. The van der Waals surface area contributed by atoms with Gasteiger partial charge in [-0.1, -0.05) is 12.1 Å². The quantitative estimate of drug-likeness (QED) is 0.308. The molecule has 3 aliphatic rings. The first-order chi connectivity index (χ1) is 21.6. The molecule has 0 radical (unpaired) electrons. The van der Waals surface area contributed by atoms with Gasteiger partial charge in [0.05, 0.1) is 11.9 Å². The number of benzene rings is 2. The summed E-state index contributed by atoms with van der Waals surface area (Å²) < 4.78 is 41.2. The minimum absolute atomic E-state index is 0.101. The normalized spacial score (nSPS) is 20.4. The summed E-state index contributed by atoms with van der Waals surface area (Å²) in [7, 11) is 0. The number of nitrogens with one attached hydrogen (secondary N) is 1. The summed E-state index contributed by atoms with van der Waals surface area (Å²) in [6.45, 7) is 8.00. The number of hydrogen-bond acceptors (Lipinski definition) is 6. The van der Waals surface area contributed by atoms with E-state index in [1.54, 1.807) is 12.1 Å². The lowest BCUT2D eigenvalue weighted by atomic mass is 9.72. The number of nitriles is 1. The van der Waals surface area contributed by atoms with Gasteiger partial charge in [0.25, 0.3) is 0 Å². The van der Waals surface area contributed by atoms with Crippen molar-refractivity contribution >= 4 is 33.5 Å². The molecule has 11 heteroatoms. The van der Waals surface area contributed by atoms with Crippen LogP contribution in [0.15, 0.2) is 42.7 Å². The van der Waals surface area contributed by atoms with Crippen molar-refractivity contribution in [3.63, 3.8) is 0 Å². The molecule has 5 heterocycles. The Bertz CT molecular complexity index is 1800. The van der Waals surface area contributed by atoms with Gasteiger partial charge in [-0.15, -0.1) is 0 Å². The first-order valence-corrected chi connectivity index (χ1v) is 15.7. The van der Waals surface area contributed by atoms with Crippen LogP contribution in [0, 0.1) is 29.6 Å². The molecular weight excluding hydrogens is 579 g/mol. The Kier molecular flexibility index (Phi) is 7.43. The van der Waals surface area contributed by atoms with Crippen LogP contribution in [-0.4, -0.2) is 64.2 Å². The average Bonchev–Trinajstić information content (AvgIpc) is 3.36. The third-order valence-corrected chi connectivity index (χ3v) is 10.1. The number of rotatable bonds is 6. The Labute approximate surface area is 259 Å². The van der Waals surface area contributed by atoms with Crippen molar-refractivity contribution in [2.75, 3.05) is 37.6 Å². The molecule has 3 saturated heterocycles. The molecule has 234 valence electrons. The molecule has 1 amide bonds. The Morgan fingerprint density at radius 1 is 1.09 bits per heavy atom. The SMILES string of the molecule is Cc1c(CN2CCC3(CC2)CN(c2ncnc4ccc(CC(F)(F)F)cc24)C3)ccc2c1cc(C#N)n2CC1CCC(=O)NC1. The van der Waals surface area contributed by atoms with Crippen LogP contribution in [0.3, 0.4) is 0 Å². The summed E-state index contributed by atoms with van der Waals surface area (Å²) in [5, 5.41) is 14.6. The summed E-state index contributed by atoms with van der Waals surface area (Å²) in [6, 6.07) is 13.5. The number of alkyl halides is 3. The number of anilines is 1. The Balaban J connectivity index is 1.00. The predicted octanol–water partition coefficient (Wildman–Crippen LogP) is 5.50. The molecule has 2 aromatic heterocycles. The van der Waals surface area contributed by atoms with Crippen LogP contribution in [-0.2, 0) is 24.3 Å². The zero-order valence-electron chi connectivity index (χ0n) is 25.3. The lowest BCUT2D eigenvalue weighted by molar-refractivity contribution is -0.127. The molecule has 45 heavy (non-hydrogen) atoms. The topological polar surface area (TPSA) is 90.1 Å². The first kappa shape index (κ1) is 29.5. The van der Waals surface area contributed by atoms with Gasteiger partial charge in [0, 0.05) is 60.8 Å². The molecule has 3 aliphatic heterocycles. The second-order valence-electron chi connectivity index (χ2n) is 13.2. The highest BCUT2D eigenvalue weighted by molar-refractivity contribution is 5.90. The van der Waals surface area contributed by atoms with Crippen molar-refractivity contribution in [2.45, 2.75) is 58.3 Å². The number of amides is 1. The number of aryl methyl sites for hydroxylation is 1. The van der Waals surface area contributed by atoms with E-state index >= 15 is 0 Å². The molecular formula is C34H36F3N7O. The molecule has 1 atom stereocenters. The number of hydrogen-bond donors (Lipinski definition) is 1. The van der Waals surface area contributed by atoms with Gasteiger partial charge in [-0.05, 0) is 86.1 Å². The number of nitrogens with zero attached hydrogens (tertiary/aromatic N) is 6. The maximum absolute atomic E-state index is 13.0. The molecule has 7 rings (SSSR count). The van der Waals surface area contributed by atoms with E-state index < -0.39 is 12.6 Å². The summed E-state index contributed by atoms with van der Waals surface area (Å²) in [6.07, 6.45) is -0.246. The van der Waals surface area contributed by atoms with Gasteiger partial charge in [-0.3, -0.25) is 9.69 Å². The van der Waals surface area contributed by atoms with Crippen molar-refractivity contribution in [2.24, 2.45) is 11.3 Å². The van der Waals surface area contributed by atoms with Gasteiger partial charge in [0.2, 0.25) is 5.91 Å². The van der Waals surface area contributed by atoms with Gasteiger partial charge < -0.3 is 14.8 Å². The van der Waals surface area contributed by atoms with Crippen LogP contribution in [0.5, 0.6) is 0 Å². The predicted molar refractivity (Wildman–Crippen MR) is 166 cm³/mol. The van der Waals surface area contributed by atoms with Crippen molar-refractivity contribution < 1.29 is 18.0 Å². The molecule has 2 aromatic carbocycles. The lowest BCUT2D eigenvalue weighted by Gasteiger charge is -2.54. The second-order valence-corrected chi connectivity index (χ2v) is 13.2. The number of aromatic nitrogens is 3. The van der Waals surface area contributed by atoms with E-state index in [0.717, 1.165) is 75.3 Å². The fourth-order valence-corrected chi connectivity index (χ4v) is 7.52. The van der Waals surface area contributed by atoms with E-state index in [4.69, 9.17) is 0 Å². The van der Waals surface area contributed by atoms with Gasteiger partial charge >= 0.3 is 6.18 Å². The summed E-state index contributed by atoms with van der Waals surface area (Å²) in [4.78, 5) is 25.1. The van der Waals surface area contributed by atoms with Crippen LogP contribution >= 0.6 is 0 Å². The maximum Gasteiger partial charge on any atom is 0.393 e. The second kappa shape index (κ2) is 11.3. The average molecular weight is 616 g/mol. The largest absolute Gasteiger partial charge is 0.393 e. The van der Waals surface area contributed by atoms with Crippen molar-refractivity contribution in [3.8, 4) is 6.07 Å². The zero-order chi connectivity index (χ0) is 31.3. The van der Waals surface area contributed by atoms with E-state index in [2.05, 4.69) is 54.8 Å². The molecule has 8 nitrogen and oxygen atoms in total. The monoisotopic (exact) mass is 615 g/mol. The van der Waals surface area contributed by atoms with E-state index in [9.17, 15) is 23.2 Å². The third kappa shape index (κ3) is 5.84. The fraction of sp³-hybridized carbons (Fsp3) is 0.471. The van der Waals surface area contributed by atoms with Crippen LogP contribution < -0.4 is 10.2 Å². The van der Waals surface area contributed by atoms with Crippen LogP contribution in [0.2, 0.25) is 0 Å². The molecule has 0 aliphatic carbocycles. The first-order valence-electron chi connectivity index (χ1n) is 15.7. The van der Waals surface area contributed by atoms with E-state index in [-0.39, 0.29) is 16.9 Å². The van der Waals surface area contributed by atoms with Crippen LogP contribution in [0.25, 0.3) is 21.8 Å². The molecule has 3 fully saturated rings. The minimum atomic E-state index is -4.26. The van der Waals surface area contributed by atoms with E-state index in [0.29, 0.717) is 35.5 Å². The smallest absolute Gasteiger partial charge is 0.356 e. The van der Waals surface area contributed by atoms with E-state index in [1.807, 2.05) is 6.07 Å². The Morgan fingerprint density at radius 2 is 1.89 bits per heavy atom. The fourth-order valence-electron chi connectivity index (χ4n) is 7.52. The number of halogens is 3. The molecule has 0 bridgehead atoms. The third-order valence-electron chi connectivity index (χ3n) is 10.1. The number of likely N-dealkylation sites (tertiary alicyclic amines) is 1. The molecule has 1 unspecified atom stereocenters. The van der Waals surface area contributed by atoms with Gasteiger partial charge in [0.15, 0.2) is 0 Å². The van der Waals surface area contributed by atoms with Crippen molar-refractivity contribution in [3.05, 3.63) is 65.1 Å². The van der Waals surface area contributed by atoms with Crippen molar-refractivity contribution in [1.82, 2.24) is 24.8 Å². The van der Waals surface area contributed by atoms with Gasteiger partial charge in [-0.2, -0.15) is 18.4 Å². The molecule has 1 N–H and O–H groups in total. The lowest BCUT2D eigenvalue weighted by Crippen LogP contribution is -2.60. The van der Waals surface area contributed by atoms with Gasteiger partial charge in [-0.25, -0.2) is 9.97 Å². The van der Waals surface area contributed by atoms with Crippen molar-refractivity contribution in [1.29, 1.82) is 5.26 Å². The standard InChI is InChI=1S/C34H36F3N7O/c1-22-25(4-6-30-27(22)13-26(15-38)44(30)17-24-3-7-31(45)39-16-24)18-42-10-8-33(9-11-42)19-43(20-33)32-28-12-23(14-34(35,36)37)2-5-29(28)40-21-41-32/h2,4-6,12-13,21,24H,3,7-11,14,16-20H2,1H3,(H,39,45). The maximum atomic E-state index is 13.0. The van der Waals surface area contributed by atoms with E-state index in [1.165, 1.54) is 23.5 Å². The summed E-state index contributed by atoms with van der Waals surface area (Å²) >= 11 is 0. The van der Waals surface area contributed by atoms with Crippen LogP contribution in [0.1, 0.15) is 48.1 Å². The minimum Gasteiger partial charge on any atom is -0.356 e. The zero-order valence-corrected chi connectivity index (χ0v) is 25.3. The van der Waals surface area contributed by atoms with Crippen LogP contribution in [0.4, 0.5) is 19.0 Å². The highest BCUT2D eigenvalue weighted by Crippen LogP contribution is 2.44. The molecule has 0 saturated carbocycles. The molecule has 4 aromatic rings. The molecule has 1 spiro atoms. The highest BCUT2D eigenvalue weighted by Gasteiger charge is 2.45. The Hall–Kier alpha value is -4.17. The summed E-state index contributed by atoms with van der Waals surface area (Å²) in [5.41, 5.74) is 5.27. The van der Waals surface area contributed by atoms with Gasteiger partial charge in [0.1, 0.15) is 23.9 Å². The summed E-state index contributed by atoms with van der Waals surface area (Å²) in [5.74, 6) is 1.13. The highest BCUT2D eigenvalue weighted by atomic mass is 19.4.